The molecule has 0 bridgehead atoms. The van der Waals surface area contributed by atoms with Crippen LogP contribution >= 0.6 is 24.0 Å². The lowest BCUT2D eigenvalue weighted by atomic mass is 10.1. The zero-order valence-corrected chi connectivity index (χ0v) is 11.5. The van der Waals surface area contributed by atoms with Gasteiger partial charge in [0.15, 0.2) is 0 Å². The van der Waals surface area contributed by atoms with E-state index in [1.54, 1.807) is 0 Å². The first-order valence-corrected chi connectivity index (χ1v) is 7.04. The summed E-state index contributed by atoms with van der Waals surface area (Å²) in [6.45, 7) is 5.65. The van der Waals surface area contributed by atoms with E-state index >= 15 is 0 Å². The summed E-state index contributed by atoms with van der Waals surface area (Å²) < 4.78 is 0. The van der Waals surface area contributed by atoms with Crippen LogP contribution in [0, 0.1) is 5.92 Å². The molecule has 0 fully saturated rings. The first-order valence-electron chi connectivity index (χ1n) is 5.53. The summed E-state index contributed by atoms with van der Waals surface area (Å²) in [7, 11) is 2.20. The number of thiophene rings is 1. The Balaban J connectivity index is 2.49. The van der Waals surface area contributed by atoms with Crippen molar-refractivity contribution in [1.82, 2.24) is 4.90 Å². The van der Waals surface area contributed by atoms with Gasteiger partial charge in [0.25, 0.3) is 0 Å². The number of hydrogen-bond acceptors (Lipinski definition) is 3. The van der Waals surface area contributed by atoms with E-state index in [0.29, 0.717) is 12.0 Å². The lowest BCUT2D eigenvalue weighted by Gasteiger charge is -2.27. The van der Waals surface area contributed by atoms with Gasteiger partial charge in [-0.05, 0) is 37.1 Å². The molecule has 2 unspecified atom stereocenters. The Morgan fingerprint density at radius 2 is 2.27 bits per heavy atom. The van der Waals surface area contributed by atoms with Crippen molar-refractivity contribution in [2.24, 2.45) is 5.92 Å². The predicted octanol–water partition coefficient (Wildman–Crippen LogP) is 3.70. The van der Waals surface area contributed by atoms with Gasteiger partial charge in [0.2, 0.25) is 0 Å². The molecular formula is C12H21NS2. The first kappa shape index (κ1) is 13.1. The molecule has 0 radical (unpaired) electrons. The number of nitrogens with zero attached hydrogens (tertiary/aromatic N) is 1. The van der Waals surface area contributed by atoms with E-state index in [0.717, 1.165) is 12.3 Å². The molecule has 1 rings (SSSR count). The zero-order chi connectivity index (χ0) is 11.3. The van der Waals surface area contributed by atoms with Gasteiger partial charge >= 0.3 is 0 Å². The van der Waals surface area contributed by atoms with E-state index in [9.17, 15) is 0 Å². The highest BCUT2D eigenvalue weighted by Crippen LogP contribution is 2.24. The normalized spacial score (nSPS) is 15.5. The summed E-state index contributed by atoms with van der Waals surface area (Å²) in [4.78, 5) is 3.88. The molecule has 1 heterocycles. The van der Waals surface area contributed by atoms with Crippen LogP contribution in [0.3, 0.4) is 0 Å². The van der Waals surface area contributed by atoms with Gasteiger partial charge in [-0.1, -0.05) is 19.4 Å². The molecule has 1 aromatic rings. The van der Waals surface area contributed by atoms with Crippen LogP contribution in [0.1, 0.15) is 31.2 Å². The van der Waals surface area contributed by atoms with Crippen molar-refractivity contribution in [1.29, 1.82) is 0 Å². The van der Waals surface area contributed by atoms with Gasteiger partial charge < -0.3 is 0 Å². The maximum Gasteiger partial charge on any atom is 0.0410 e. The first-order chi connectivity index (χ1) is 7.19. The Bertz CT molecular complexity index is 255. The summed E-state index contributed by atoms with van der Waals surface area (Å²) in [5.41, 5.74) is 0. The fourth-order valence-corrected chi connectivity index (χ4v) is 2.85. The second kappa shape index (κ2) is 6.56. The van der Waals surface area contributed by atoms with Crippen molar-refractivity contribution in [3.05, 3.63) is 22.4 Å². The highest BCUT2D eigenvalue weighted by molar-refractivity contribution is 7.80. The maximum absolute atomic E-state index is 4.39. The van der Waals surface area contributed by atoms with E-state index in [2.05, 4.69) is 55.9 Å². The largest absolute Gasteiger partial charge is 0.299 e. The molecule has 15 heavy (non-hydrogen) atoms. The van der Waals surface area contributed by atoms with Crippen molar-refractivity contribution in [3.63, 3.8) is 0 Å². The van der Waals surface area contributed by atoms with Crippen LogP contribution in [-0.4, -0.2) is 24.2 Å². The average molecular weight is 243 g/mol. The van der Waals surface area contributed by atoms with Crippen LogP contribution in [0.2, 0.25) is 0 Å². The molecule has 0 aromatic carbocycles. The van der Waals surface area contributed by atoms with Crippen LogP contribution in [-0.2, 0) is 0 Å². The second-order valence-electron chi connectivity index (χ2n) is 4.09. The smallest absolute Gasteiger partial charge is 0.0410 e. The summed E-state index contributed by atoms with van der Waals surface area (Å²) >= 11 is 6.23. The van der Waals surface area contributed by atoms with E-state index in [4.69, 9.17) is 0 Å². The third-order valence-corrected chi connectivity index (χ3v) is 4.56. The Kier molecular flexibility index (Phi) is 5.72. The van der Waals surface area contributed by atoms with Crippen LogP contribution in [0.4, 0.5) is 0 Å². The van der Waals surface area contributed by atoms with Gasteiger partial charge in [-0.2, -0.15) is 12.6 Å². The molecule has 0 amide bonds. The van der Waals surface area contributed by atoms with E-state index in [1.165, 1.54) is 11.3 Å². The minimum absolute atomic E-state index is 0.527. The Morgan fingerprint density at radius 3 is 2.73 bits per heavy atom. The quantitative estimate of drug-likeness (QED) is 0.746. The van der Waals surface area contributed by atoms with Crippen molar-refractivity contribution in [3.8, 4) is 0 Å². The standard InChI is InChI=1S/C12H21NS2/c1-4-11(9-14)8-13(3)10(2)12-6-5-7-15-12/h5-7,10-11,14H,4,8-9H2,1-3H3. The minimum Gasteiger partial charge on any atom is -0.299 e. The van der Waals surface area contributed by atoms with Crippen molar-refractivity contribution in [2.45, 2.75) is 26.3 Å². The molecule has 1 aromatic heterocycles. The molecule has 0 N–H and O–H groups in total. The van der Waals surface area contributed by atoms with E-state index in [-0.39, 0.29) is 0 Å². The molecule has 0 aliphatic rings. The third kappa shape index (κ3) is 3.82. The second-order valence-corrected chi connectivity index (χ2v) is 5.43. The van der Waals surface area contributed by atoms with E-state index < -0.39 is 0 Å². The number of rotatable bonds is 6. The number of hydrogen-bond donors (Lipinski definition) is 1. The van der Waals surface area contributed by atoms with Crippen LogP contribution in [0.5, 0.6) is 0 Å². The van der Waals surface area contributed by atoms with Gasteiger partial charge in [0, 0.05) is 17.5 Å². The van der Waals surface area contributed by atoms with Gasteiger partial charge in [0.1, 0.15) is 0 Å². The Morgan fingerprint density at radius 1 is 1.53 bits per heavy atom. The fraction of sp³-hybridized carbons (Fsp3) is 0.667. The molecule has 0 aliphatic carbocycles. The van der Waals surface area contributed by atoms with Crippen LogP contribution in [0.15, 0.2) is 17.5 Å². The molecule has 0 saturated carbocycles. The summed E-state index contributed by atoms with van der Waals surface area (Å²) in [6.07, 6.45) is 1.21. The molecule has 0 spiro atoms. The molecule has 3 heteroatoms. The average Bonchev–Trinajstić information content (AvgIpc) is 2.77. The summed E-state index contributed by atoms with van der Waals surface area (Å²) in [6, 6.07) is 4.87. The van der Waals surface area contributed by atoms with Gasteiger partial charge in [-0.25, -0.2) is 0 Å². The van der Waals surface area contributed by atoms with Gasteiger partial charge in [0.05, 0.1) is 0 Å². The van der Waals surface area contributed by atoms with Crippen LogP contribution in [0.25, 0.3) is 0 Å². The predicted molar refractivity (Wildman–Crippen MR) is 73.0 cm³/mol. The van der Waals surface area contributed by atoms with Gasteiger partial charge in [-0.15, -0.1) is 11.3 Å². The molecule has 2 atom stereocenters. The molecule has 1 nitrogen and oxygen atoms in total. The van der Waals surface area contributed by atoms with Crippen LogP contribution < -0.4 is 0 Å². The van der Waals surface area contributed by atoms with Gasteiger partial charge in [-0.3, -0.25) is 4.90 Å². The molecule has 0 saturated heterocycles. The lowest BCUT2D eigenvalue weighted by Crippen LogP contribution is -2.28. The summed E-state index contributed by atoms with van der Waals surface area (Å²) in [5, 5.41) is 2.15. The summed E-state index contributed by atoms with van der Waals surface area (Å²) in [5.74, 6) is 1.69. The molecular weight excluding hydrogens is 222 g/mol. The van der Waals surface area contributed by atoms with E-state index in [1.807, 2.05) is 11.3 Å². The Hall–Kier alpha value is 0.01000. The highest BCUT2D eigenvalue weighted by Gasteiger charge is 2.15. The third-order valence-electron chi connectivity index (χ3n) is 3.00. The fourth-order valence-electron chi connectivity index (χ4n) is 1.63. The minimum atomic E-state index is 0.527. The number of thiol groups is 1. The topological polar surface area (TPSA) is 3.24 Å². The Labute approximate surface area is 103 Å². The SMILES string of the molecule is CCC(CS)CN(C)C(C)c1cccs1. The monoisotopic (exact) mass is 243 g/mol. The lowest BCUT2D eigenvalue weighted by molar-refractivity contribution is 0.228. The maximum atomic E-state index is 4.39. The molecule has 0 aliphatic heterocycles. The van der Waals surface area contributed by atoms with Crippen molar-refractivity contribution in [2.75, 3.05) is 19.3 Å². The van der Waals surface area contributed by atoms with Crippen molar-refractivity contribution >= 4 is 24.0 Å². The van der Waals surface area contributed by atoms with Crippen molar-refractivity contribution < 1.29 is 0 Å². The zero-order valence-electron chi connectivity index (χ0n) is 9.81. The molecule has 86 valence electrons. The highest BCUT2D eigenvalue weighted by atomic mass is 32.1.